The Morgan fingerprint density at radius 1 is 1.11 bits per heavy atom. The lowest BCUT2D eigenvalue weighted by Gasteiger charge is -2.30. The molecule has 3 nitrogen and oxygen atoms in total. The molecule has 0 spiro atoms. The van der Waals surface area contributed by atoms with Gasteiger partial charge in [0.1, 0.15) is 0 Å². The molecule has 2 aromatic rings. The van der Waals surface area contributed by atoms with Crippen LogP contribution in [0.3, 0.4) is 0 Å². The van der Waals surface area contributed by atoms with Crippen molar-refractivity contribution < 1.29 is 4.74 Å². The van der Waals surface area contributed by atoms with Gasteiger partial charge in [-0.15, -0.1) is 0 Å². The molecule has 0 bridgehead atoms. The summed E-state index contributed by atoms with van der Waals surface area (Å²) in [6, 6.07) is 16.3. The molecule has 0 unspecified atom stereocenters. The van der Waals surface area contributed by atoms with E-state index in [2.05, 4.69) is 29.4 Å². The highest BCUT2D eigenvalue weighted by Crippen LogP contribution is 2.21. The summed E-state index contributed by atoms with van der Waals surface area (Å²) < 4.78 is 5.37. The van der Waals surface area contributed by atoms with Crippen LogP contribution in [0.15, 0.2) is 54.7 Å². The Kier molecular flexibility index (Phi) is 4.66. The second-order valence-corrected chi connectivity index (χ2v) is 4.81. The fourth-order valence-corrected chi connectivity index (χ4v) is 2.12. The molecule has 0 aliphatic heterocycles. The molecule has 3 heteroatoms. The molecule has 0 radical (unpaired) electrons. The summed E-state index contributed by atoms with van der Waals surface area (Å²) in [7, 11) is 1.73. The third-order valence-electron chi connectivity index (χ3n) is 3.23. The van der Waals surface area contributed by atoms with Crippen LogP contribution >= 0.6 is 0 Å². The Hall–Kier alpha value is -1.71. The van der Waals surface area contributed by atoms with Gasteiger partial charge in [0.25, 0.3) is 0 Å². The first kappa shape index (κ1) is 13.7. The van der Waals surface area contributed by atoms with Crippen molar-refractivity contribution in [3.05, 3.63) is 66.0 Å². The number of rotatable bonds is 6. The van der Waals surface area contributed by atoms with Crippen LogP contribution in [0.5, 0.6) is 0 Å². The average molecular weight is 256 g/mol. The van der Waals surface area contributed by atoms with Crippen LogP contribution in [-0.4, -0.2) is 18.7 Å². The van der Waals surface area contributed by atoms with E-state index in [4.69, 9.17) is 4.74 Å². The second kappa shape index (κ2) is 6.45. The molecule has 100 valence electrons. The molecule has 0 saturated heterocycles. The number of methoxy groups -OCH3 is 1. The number of nitrogens with zero attached hydrogens (tertiary/aromatic N) is 1. The minimum Gasteiger partial charge on any atom is -0.382 e. The molecule has 19 heavy (non-hydrogen) atoms. The smallest absolute Gasteiger partial charge is 0.0683 e. The Bertz CT molecular complexity index is 487. The van der Waals surface area contributed by atoms with E-state index in [-0.39, 0.29) is 5.54 Å². The van der Waals surface area contributed by atoms with Gasteiger partial charge in [-0.3, -0.25) is 4.98 Å². The standard InChI is InChI=1S/C16H20N2O/c1-16(13-19-2,14-8-4-3-5-9-14)18-12-15-10-6-7-11-17-15/h3-11,18H,12-13H2,1-2H3/t16-/m1/s1. The highest BCUT2D eigenvalue weighted by molar-refractivity contribution is 5.24. The predicted octanol–water partition coefficient (Wildman–Crippen LogP) is 2.73. The lowest BCUT2D eigenvalue weighted by atomic mass is 9.92. The third-order valence-corrected chi connectivity index (χ3v) is 3.23. The Balaban J connectivity index is 2.12. The van der Waals surface area contributed by atoms with E-state index < -0.39 is 0 Å². The molecule has 1 N–H and O–H groups in total. The number of aromatic nitrogens is 1. The maximum Gasteiger partial charge on any atom is 0.0683 e. The highest BCUT2D eigenvalue weighted by Gasteiger charge is 2.25. The average Bonchev–Trinajstić information content (AvgIpc) is 2.48. The molecule has 0 aliphatic carbocycles. The number of hydrogen-bond acceptors (Lipinski definition) is 3. The first-order chi connectivity index (χ1) is 9.24. The quantitative estimate of drug-likeness (QED) is 0.863. The summed E-state index contributed by atoms with van der Waals surface area (Å²) in [4.78, 5) is 4.33. The zero-order chi connectivity index (χ0) is 13.6. The Morgan fingerprint density at radius 3 is 2.47 bits per heavy atom. The van der Waals surface area contributed by atoms with E-state index in [1.807, 2.05) is 42.6 Å². The molecule has 1 aromatic carbocycles. The minimum absolute atomic E-state index is 0.215. The van der Waals surface area contributed by atoms with Crippen molar-refractivity contribution in [1.82, 2.24) is 10.3 Å². The molecule has 0 amide bonds. The van der Waals surface area contributed by atoms with E-state index in [1.165, 1.54) is 5.56 Å². The normalized spacial score (nSPS) is 14.0. The molecular formula is C16H20N2O. The van der Waals surface area contributed by atoms with Gasteiger partial charge < -0.3 is 10.1 Å². The highest BCUT2D eigenvalue weighted by atomic mass is 16.5. The third kappa shape index (κ3) is 3.63. The number of ether oxygens (including phenoxy) is 1. The summed E-state index contributed by atoms with van der Waals surface area (Å²) in [5, 5.41) is 3.54. The van der Waals surface area contributed by atoms with E-state index in [9.17, 15) is 0 Å². The SMILES string of the molecule is COC[C@@](C)(NCc1ccccn1)c1ccccc1. The zero-order valence-corrected chi connectivity index (χ0v) is 11.5. The van der Waals surface area contributed by atoms with Gasteiger partial charge in [-0.1, -0.05) is 36.4 Å². The van der Waals surface area contributed by atoms with E-state index >= 15 is 0 Å². The van der Waals surface area contributed by atoms with E-state index in [0.29, 0.717) is 6.61 Å². The molecule has 0 saturated carbocycles. The van der Waals surface area contributed by atoms with Crippen LogP contribution in [0, 0.1) is 0 Å². The molecule has 0 fully saturated rings. The van der Waals surface area contributed by atoms with Crippen molar-refractivity contribution in [1.29, 1.82) is 0 Å². The molecule has 1 aromatic heterocycles. The van der Waals surface area contributed by atoms with E-state index in [1.54, 1.807) is 7.11 Å². The van der Waals surface area contributed by atoms with Gasteiger partial charge >= 0.3 is 0 Å². The van der Waals surface area contributed by atoms with Crippen LogP contribution in [0.4, 0.5) is 0 Å². The first-order valence-corrected chi connectivity index (χ1v) is 6.44. The van der Waals surface area contributed by atoms with Gasteiger partial charge in [-0.2, -0.15) is 0 Å². The van der Waals surface area contributed by atoms with Crippen molar-refractivity contribution in [2.45, 2.75) is 19.0 Å². The maximum absolute atomic E-state index is 5.37. The van der Waals surface area contributed by atoms with Gasteiger partial charge in [0.05, 0.1) is 17.8 Å². The largest absolute Gasteiger partial charge is 0.382 e. The van der Waals surface area contributed by atoms with Gasteiger partial charge in [0, 0.05) is 19.9 Å². The minimum atomic E-state index is -0.215. The van der Waals surface area contributed by atoms with Crippen molar-refractivity contribution in [3.8, 4) is 0 Å². The number of benzene rings is 1. The molecule has 1 heterocycles. The first-order valence-electron chi connectivity index (χ1n) is 6.44. The second-order valence-electron chi connectivity index (χ2n) is 4.81. The maximum atomic E-state index is 5.37. The van der Waals surface area contributed by atoms with Crippen molar-refractivity contribution in [2.24, 2.45) is 0 Å². The van der Waals surface area contributed by atoms with Crippen molar-refractivity contribution in [2.75, 3.05) is 13.7 Å². The van der Waals surface area contributed by atoms with Gasteiger partial charge in [-0.05, 0) is 24.6 Å². The molecular weight excluding hydrogens is 236 g/mol. The van der Waals surface area contributed by atoms with Crippen LogP contribution in [-0.2, 0) is 16.8 Å². The van der Waals surface area contributed by atoms with Crippen LogP contribution in [0.25, 0.3) is 0 Å². The molecule has 1 atom stereocenters. The lowest BCUT2D eigenvalue weighted by molar-refractivity contribution is 0.117. The fraction of sp³-hybridized carbons (Fsp3) is 0.312. The Labute approximate surface area is 114 Å². The van der Waals surface area contributed by atoms with Crippen LogP contribution in [0.2, 0.25) is 0 Å². The molecule has 0 aliphatic rings. The number of nitrogens with one attached hydrogen (secondary N) is 1. The van der Waals surface area contributed by atoms with Crippen LogP contribution in [0.1, 0.15) is 18.2 Å². The zero-order valence-electron chi connectivity index (χ0n) is 11.5. The van der Waals surface area contributed by atoms with Crippen molar-refractivity contribution in [3.63, 3.8) is 0 Å². The Morgan fingerprint density at radius 2 is 1.84 bits per heavy atom. The summed E-state index contributed by atoms with van der Waals surface area (Å²) in [5.74, 6) is 0. The fourth-order valence-electron chi connectivity index (χ4n) is 2.12. The van der Waals surface area contributed by atoms with Crippen molar-refractivity contribution >= 4 is 0 Å². The topological polar surface area (TPSA) is 34.1 Å². The summed E-state index contributed by atoms with van der Waals surface area (Å²) in [6.45, 7) is 3.48. The summed E-state index contributed by atoms with van der Waals surface area (Å²) in [6.07, 6.45) is 1.81. The number of pyridine rings is 1. The van der Waals surface area contributed by atoms with Gasteiger partial charge in [0.15, 0.2) is 0 Å². The predicted molar refractivity (Wildman–Crippen MR) is 76.7 cm³/mol. The summed E-state index contributed by atoms with van der Waals surface area (Å²) in [5.41, 5.74) is 2.03. The number of hydrogen-bond donors (Lipinski definition) is 1. The van der Waals surface area contributed by atoms with Crippen LogP contribution < -0.4 is 5.32 Å². The van der Waals surface area contributed by atoms with E-state index in [0.717, 1.165) is 12.2 Å². The van der Waals surface area contributed by atoms with Gasteiger partial charge in [0.2, 0.25) is 0 Å². The summed E-state index contributed by atoms with van der Waals surface area (Å²) >= 11 is 0. The lowest BCUT2D eigenvalue weighted by Crippen LogP contribution is -2.43. The monoisotopic (exact) mass is 256 g/mol. The van der Waals surface area contributed by atoms with Gasteiger partial charge in [-0.25, -0.2) is 0 Å². The molecule has 2 rings (SSSR count).